The smallest absolute Gasteiger partial charge is 0.0172 e. The minimum Gasteiger partial charge on any atom is -0.313 e. The molecule has 0 aromatic carbocycles. The lowest BCUT2D eigenvalue weighted by molar-refractivity contribution is 0.232. The summed E-state index contributed by atoms with van der Waals surface area (Å²) < 4.78 is 0. The molecule has 2 heteroatoms. The fourth-order valence-corrected chi connectivity index (χ4v) is 4.34. The molecule has 3 unspecified atom stereocenters. The van der Waals surface area contributed by atoms with Crippen molar-refractivity contribution < 1.29 is 0 Å². The van der Waals surface area contributed by atoms with Crippen molar-refractivity contribution in [2.24, 2.45) is 11.8 Å². The van der Waals surface area contributed by atoms with Crippen molar-refractivity contribution in [1.29, 1.82) is 0 Å². The highest BCUT2D eigenvalue weighted by molar-refractivity contribution is 8.00. The van der Waals surface area contributed by atoms with Crippen molar-refractivity contribution in [3.05, 3.63) is 0 Å². The van der Waals surface area contributed by atoms with E-state index in [1.165, 1.54) is 50.8 Å². The molecule has 2 aliphatic rings. The summed E-state index contributed by atoms with van der Waals surface area (Å²) in [6.07, 6.45) is 8.64. The van der Waals surface area contributed by atoms with E-state index in [9.17, 15) is 0 Å². The van der Waals surface area contributed by atoms with E-state index in [0.717, 1.165) is 23.1 Å². The first-order chi connectivity index (χ1) is 7.75. The van der Waals surface area contributed by atoms with Gasteiger partial charge in [0.2, 0.25) is 0 Å². The van der Waals surface area contributed by atoms with Gasteiger partial charge in [0, 0.05) is 17.8 Å². The summed E-state index contributed by atoms with van der Waals surface area (Å²) in [7, 11) is 0. The predicted molar refractivity (Wildman–Crippen MR) is 74.1 cm³/mol. The molecule has 16 heavy (non-hydrogen) atoms. The zero-order valence-electron chi connectivity index (χ0n) is 10.9. The van der Waals surface area contributed by atoms with Crippen LogP contribution in [0.3, 0.4) is 0 Å². The molecule has 1 saturated heterocycles. The van der Waals surface area contributed by atoms with E-state index < -0.39 is 0 Å². The molecule has 0 spiro atoms. The lowest BCUT2D eigenvalue weighted by Gasteiger charge is -2.32. The van der Waals surface area contributed by atoms with Crippen LogP contribution in [0.1, 0.15) is 52.4 Å². The largest absolute Gasteiger partial charge is 0.313 e. The lowest BCUT2D eigenvalue weighted by Crippen LogP contribution is -2.38. The number of hydrogen-bond donors (Lipinski definition) is 1. The Bertz CT molecular complexity index is 199. The van der Waals surface area contributed by atoms with Gasteiger partial charge in [-0.25, -0.2) is 0 Å². The molecule has 1 saturated carbocycles. The van der Waals surface area contributed by atoms with Gasteiger partial charge in [0.25, 0.3) is 0 Å². The molecule has 94 valence electrons. The Morgan fingerprint density at radius 3 is 2.75 bits per heavy atom. The molecule has 1 aliphatic carbocycles. The summed E-state index contributed by atoms with van der Waals surface area (Å²) >= 11 is 2.18. The highest BCUT2D eigenvalue weighted by Gasteiger charge is 2.25. The topological polar surface area (TPSA) is 12.0 Å². The molecule has 1 nitrogen and oxygen atoms in total. The minimum absolute atomic E-state index is 0.822. The number of rotatable bonds is 4. The van der Waals surface area contributed by atoms with Crippen molar-refractivity contribution in [1.82, 2.24) is 5.32 Å². The number of hydrogen-bond acceptors (Lipinski definition) is 2. The fourth-order valence-electron chi connectivity index (χ4n) is 3.12. The lowest BCUT2D eigenvalue weighted by atomic mass is 9.79. The molecule has 0 bridgehead atoms. The highest BCUT2D eigenvalue weighted by Crippen LogP contribution is 2.31. The van der Waals surface area contributed by atoms with E-state index in [2.05, 4.69) is 30.9 Å². The van der Waals surface area contributed by atoms with Crippen LogP contribution >= 0.6 is 11.8 Å². The normalized spacial score (nSPS) is 35.8. The summed E-state index contributed by atoms with van der Waals surface area (Å²) in [5.41, 5.74) is 0. The van der Waals surface area contributed by atoms with E-state index in [-0.39, 0.29) is 0 Å². The van der Waals surface area contributed by atoms with Crippen molar-refractivity contribution in [2.75, 3.05) is 12.3 Å². The molecule has 0 radical (unpaired) electrons. The summed E-state index contributed by atoms with van der Waals surface area (Å²) in [6.45, 7) is 6.04. The van der Waals surface area contributed by atoms with Gasteiger partial charge in [0.05, 0.1) is 0 Å². The quantitative estimate of drug-likeness (QED) is 0.805. The van der Waals surface area contributed by atoms with Gasteiger partial charge >= 0.3 is 0 Å². The first-order valence-electron chi connectivity index (χ1n) is 7.10. The average molecular weight is 241 g/mol. The van der Waals surface area contributed by atoms with Gasteiger partial charge in [-0.3, -0.25) is 0 Å². The molecular weight excluding hydrogens is 214 g/mol. The van der Waals surface area contributed by atoms with E-state index in [1.54, 1.807) is 0 Å². The van der Waals surface area contributed by atoms with E-state index >= 15 is 0 Å². The molecule has 2 rings (SSSR count). The first kappa shape index (κ1) is 12.8. The van der Waals surface area contributed by atoms with Gasteiger partial charge in [-0.2, -0.15) is 11.8 Å². The predicted octanol–water partition coefficient (Wildman–Crippen LogP) is 3.69. The van der Waals surface area contributed by atoms with Crippen LogP contribution in [0, 0.1) is 11.8 Å². The number of thioether (sulfide) groups is 1. The van der Waals surface area contributed by atoms with Crippen molar-refractivity contribution in [3.8, 4) is 0 Å². The molecule has 0 aromatic heterocycles. The fraction of sp³-hybridized carbons (Fsp3) is 1.00. The van der Waals surface area contributed by atoms with Crippen LogP contribution in [0.4, 0.5) is 0 Å². The second-order valence-corrected chi connectivity index (χ2v) is 7.32. The standard InChI is InChI=1S/C14H27NS/c1-11(2)12-5-3-6-13(9-12)15-10-14-7-4-8-16-14/h11-15H,3-10H2,1-2H3. The van der Waals surface area contributed by atoms with E-state index in [4.69, 9.17) is 0 Å². The second kappa shape index (κ2) is 6.30. The maximum atomic E-state index is 3.83. The molecule has 1 heterocycles. The van der Waals surface area contributed by atoms with Gasteiger partial charge in [0.15, 0.2) is 0 Å². The molecule has 2 fully saturated rings. The summed E-state index contributed by atoms with van der Waals surface area (Å²) in [5.74, 6) is 3.25. The van der Waals surface area contributed by atoms with Crippen molar-refractivity contribution in [2.45, 2.75) is 63.7 Å². The Labute approximate surface area is 105 Å². The maximum Gasteiger partial charge on any atom is 0.0172 e. The van der Waals surface area contributed by atoms with E-state index in [1.807, 2.05) is 0 Å². The molecule has 1 N–H and O–H groups in total. The minimum atomic E-state index is 0.822. The summed E-state index contributed by atoms with van der Waals surface area (Å²) in [5, 5.41) is 4.74. The first-order valence-corrected chi connectivity index (χ1v) is 8.15. The number of nitrogens with one attached hydrogen (secondary N) is 1. The third-order valence-electron chi connectivity index (χ3n) is 4.32. The van der Waals surface area contributed by atoms with Gasteiger partial charge in [0.1, 0.15) is 0 Å². The van der Waals surface area contributed by atoms with Gasteiger partial charge < -0.3 is 5.32 Å². The van der Waals surface area contributed by atoms with Crippen LogP contribution < -0.4 is 5.32 Å². The van der Waals surface area contributed by atoms with Gasteiger partial charge in [-0.15, -0.1) is 0 Å². The summed E-state index contributed by atoms with van der Waals surface area (Å²) in [4.78, 5) is 0. The Kier molecular flexibility index (Phi) is 5.02. The third-order valence-corrected chi connectivity index (χ3v) is 5.71. The third kappa shape index (κ3) is 3.66. The Balaban J connectivity index is 1.68. The van der Waals surface area contributed by atoms with Crippen LogP contribution in [-0.4, -0.2) is 23.6 Å². The van der Waals surface area contributed by atoms with Crippen molar-refractivity contribution in [3.63, 3.8) is 0 Å². The van der Waals surface area contributed by atoms with Gasteiger partial charge in [-0.1, -0.05) is 26.7 Å². The average Bonchev–Trinajstić information content (AvgIpc) is 2.79. The van der Waals surface area contributed by atoms with Crippen LogP contribution in [0.5, 0.6) is 0 Å². The molecule has 3 atom stereocenters. The molecule has 0 aromatic rings. The Morgan fingerprint density at radius 1 is 1.19 bits per heavy atom. The zero-order chi connectivity index (χ0) is 11.4. The van der Waals surface area contributed by atoms with Crippen LogP contribution in [0.15, 0.2) is 0 Å². The summed E-state index contributed by atoms with van der Waals surface area (Å²) in [6, 6.07) is 0.822. The molecule has 1 aliphatic heterocycles. The van der Waals surface area contributed by atoms with Crippen LogP contribution in [0.25, 0.3) is 0 Å². The maximum absolute atomic E-state index is 3.83. The SMILES string of the molecule is CC(C)C1CCCC(NCC2CCCS2)C1. The zero-order valence-corrected chi connectivity index (χ0v) is 11.7. The van der Waals surface area contributed by atoms with Crippen LogP contribution in [0.2, 0.25) is 0 Å². The second-order valence-electron chi connectivity index (χ2n) is 5.91. The van der Waals surface area contributed by atoms with Crippen LogP contribution in [-0.2, 0) is 0 Å². The molecular formula is C14H27NS. The highest BCUT2D eigenvalue weighted by atomic mass is 32.2. The van der Waals surface area contributed by atoms with Crippen molar-refractivity contribution >= 4 is 11.8 Å². The molecule has 0 amide bonds. The Hall–Kier alpha value is 0.310. The monoisotopic (exact) mass is 241 g/mol. The van der Waals surface area contributed by atoms with Gasteiger partial charge in [-0.05, 0) is 43.3 Å². The van der Waals surface area contributed by atoms with E-state index in [0.29, 0.717) is 0 Å². The Morgan fingerprint density at radius 2 is 2.06 bits per heavy atom.